The van der Waals surface area contributed by atoms with Crippen LogP contribution in [0.1, 0.15) is 26.7 Å². The second-order valence-electron chi connectivity index (χ2n) is 5.77. The van der Waals surface area contributed by atoms with Crippen molar-refractivity contribution in [2.75, 3.05) is 0 Å². The predicted molar refractivity (Wildman–Crippen MR) is 76.6 cm³/mol. The lowest BCUT2D eigenvalue weighted by Crippen LogP contribution is -2.12. The fraction of sp³-hybridized carbons (Fsp3) is 0.267. The van der Waals surface area contributed by atoms with Crippen LogP contribution in [-0.2, 0) is 5.41 Å². The van der Waals surface area contributed by atoms with Crippen molar-refractivity contribution in [2.24, 2.45) is 0 Å². The van der Waals surface area contributed by atoms with E-state index in [0.717, 1.165) is 10.9 Å². The number of nitrogens with zero attached hydrogens (tertiary/aromatic N) is 2. The van der Waals surface area contributed by atoms with Crippen molar-refractivity contribution >= 4 is 10.9 Å². The van der Waals surface area contributed by atoms with Gasteiger partial charge in [0.1, 0.15) is 0 Å². The maximum absolute atomic E-state index is 12.1. The van der Waals surface area contributed by atoms with E-state index < -0.39 is 0 Å². The molecule has 1 aromatic carbocycles. The monoisotopic (exact) mass is 269 g/mol. The largest absolute Gasteiger partial charge is 0.338 e. The Morgan fingerprint density at radius 1 is 1.20 bits per heavy atom. The molecule has 3 aromatic rings. The van der Waals surface area contributed by atoms with Gasteiger partial charge in [-0.15, -0.1) is 0 Å². The molecule has 0 aliphatic rings. The predicted octanol–water partition coefficient (Wildman–Crippen LogP) is 2.88. The van der Waals surface area contributed by atoms with E-state index in [2.05, 4.69) is 15.1 Å². The zero-order valence-corrected chi connectivity index (χ0v) is 11.6. The molecule has 0 spiro atoms. The maximum Gasteiger partial charge on any atom is 0.259 e. The molecule has 5 nitrogen and oxygen atoms in total. The third kappa shape index (κ3) is 2.11. The lowest BCUT2D eigenvalue weighted by atomic mass is 9.97. The first kappa shape index (κ1) is 12.6. The molecule has 0 amide bonds. The van der Waals surface area contributed by atoms with Gasteiger partial charge in [-0.05, 0) is 17.5 Å². The molecule has 1 N–H and O–H groups in total. The molecule has 0 aliphatic heterocycles. The molecule has 0 unspecified atom stereocenters. The minimum atomic E-state index is -0.241. The van der Waals surface area contributed by atoms with E-state index in [4.69, 9.17) is 4.52 Å². The highest BCUT2D eigenvalue weighted by Crippen LogP contribution is 2.23. The molecule has 0 atom stereocenters. The first-order valence-electron chi connectivity index (χ1n) is 6.42. The fourth-order valence-electron chi connectivity index (χ4n) is 1.95. The molecule has 102 valence electrons. The number of fused-ring (bicyclic) bond motifs is 1. The molecular formula is C15H15N3O2. The van der Waals surface area contributed by atoms with E-state index >= 15 is 0 Å². The van der Waals surface area contributed by atoms with E-state index in [1.54, 1.807) is 6.07 Å². The number of nitrogens with one attached hydrogen (secondary N) is 1. The van der Waals surface area contributed by atoms with Crippen LogP contribution in [0.3, 0.4) is 0 Å². The van der Waals surface area contributed by atoms with E-state index in [-0.39, 0.29) is 11.0 Å². The fourth-order valence-corrected chi connectivity index (χ4v) is 1.95. The van der Waals surface area contributed by atoms with Gasteiger partial charge in [0.2, 0.25) is 11.7 Å². The minimum Gasteiger partial charge on any atom is -0.338 e. The molecule has 0 saturated heterocycles. The van der Waals surface area contributed by atoms with E-state index in [1.165, 1.54) is 0 Å². The molecule has 0 aliphatic carbocycles. The van der Waals surface area contributed by atoms with Crippen molar-refractivity contribution in [3.05, 3.63) is 46.6 Å². The summed E-state index contributed by atoms with van der Waals surface area (Å²) in [5.41, 5.74) is 0.753. The van der Waals surface area contributed by atoms with Crippen molar-refractivity contribution in [1.82, 2.24) is 15.1 Å². The van der Waals surface area contributed by atoms with Crippen molar-refractivity contribution in [3.8, 4) is 11.4 Å². The topological polar surface area (TPSA) is 71.8 Å². The lowest BCUT2D eigenvalue weighted by Gasteiger charge is -2.10. The highest BCUT2D eigenvalue weighted by atomic mass is 16.5. The summed E-state index contributed by atoms with van der Waals surface area (Å²) in [5, 5.41) is 4.85. The Morgan fingerprint density at radius 2 is 1.95 bits per heavy atom. The van der Waals surface area contributed by atoms with Crippen LogP contribution in [0.15, 0.2) is 39.6 Å². The Bertz CT molecular complexity index is 825. The summed E-state index contributed by atoms with van der Waals surface area (Å²) in [5.74, 6) is 0.835. The van der Waals surface area contributed by atoms with Gasteiger partial charge in [0, 0.05) is 10.9 Å². The van der Waals surface area contributed by atoms with E-state index in [1.807, 2.05) is 45.0 Å². The zero-order valence-electron chi connectivity index (χ0n) is 11.6. The van der Waals surface area contributed by atoms with Gasteiger partial charge < -0.3 is 9.51 Å². The van der Waals surface area contributed by atoms with Gasteiger partial charge in [0.05, 0.1) is 5.56 Å². The van der Waals surface area contributed by atoms with Gasteiger partial charge in [0.15, 0.2) is 0 Å². The van der Waals surface area contributed by atoms with Crippen molar-refractivity contribution < 1.29 is 4.52 Å². The van der Waals surface area contributed by atoms with Crippen LogP contribution in [0, 0.1) is 0 Å². The van der Waals surface area contributed by atoms with Gasteiger partial charge in [0.25, 0.3) is 5.56 Å². The van der Waals surface area contributed by atoms with Gasteiger partial charge in [-0.2, -0.15) is 4.98 Å². The summed E-state index contributed by atoms with van der Waals surface area (Å²) in [6.45, 7) is 5.94. The minimum absolute atomic E-state index is 0.218. The van der Waals surface area contributed by atoms with Crippen LogP contribution in [0.5, 0.6) is 0 Å². The molecule has 3 rings (SSSR count). The Hall–Kier alpha value is -2.43. The third-order valence-corrected chi connectivity index (χ3v) is 3.06. The van der Waals surface area contributed by atoms with Crippen LogP contribution in [-0.4, -0.2) is 15.1 Å². The number of para-hydroxylation sites is 1. The highest BCUT2D eigenvalue weighted by Gasteiger charge is 2.23. The Morgan fingerprint density at radius 3 is 2.65 bits per heavy atom. The molecule has 0 fully saturated rings. The third-order valence-electron chi connectivity index (χ3n) is 3.06. The Labute approximate surface area is 115 Å². The van der Waals surface area contributed by atoms with Crippen LogP contribution >= 0.6 is 0 Å². The summed E-state index contributed by atoms with van der Waals surface area (Å²) < 4.78 is 5.24. The van der Waals surface area contributed by atoms with Gasteiger partial charge in [-0.3, -0.25) is 4.79 Å². The van der Waals surface area contributed by atoms with E-state index in [0.29, 0.717) is 17.3 Å². The van der Waals surface area contributed by atoms with Gasteiger partial charge in [-0.25, -0.2) is 0 Å². The maximum atomic E-state index is 12.1. The first-order chi connectivity index (χ1) is 9.45. The molecule has 0 saturated carbocycles. The summed E-state index contributed by atoms with van der Waals surface area (Å²) >= 11 is 0. The van der Waals surface area contributed by atoms with Crippen molar-refractivity contribution in [1.29, 1.82) is 0 Å². The molecular weight excluding hydrogens is 254 g/mol. The number of H-pyrrole nitrogens is 1. The number of aromatic nitrogens is 3. The Kier molecular flexibility index (Phi) is 2.71. The van der Waals surface area contributed by atoms with Gasteiger partial charge in [-0.1, -0.05) is 44.1 Å². The quantitative estimate of drug-likeness (QED) is 0.737. The molecule has 5 heteroatoms. The standard InChI is InChI=1S/C15H15N3O2/c1-15(2,3)14-17-12(18-20-14)10-8-9-6-4-5-7-11(9)16-13(10)19/h4-8H,1-3H3,(H,16,19). The molecule has 0 radical (unpaired) electrons. The Balaban J connectivity index is 2.17. The second-order valence-corrected chi connectivity index (χ2v) is 5.77. The second kappa shape index (κ2) is 4.30. The summed E-state index contributed by atoms with van der Waals surface area (Å²) in [6, 6.07) is 9.37. The van der Waals surface area contributed by atoms with Crippen molar-refractivity contribution in [2.45, 2.75) is 26.2 Å². The van der Waals surface area contributed by atoms with E-state index in [9.17, 15) is 4.79 Å². The van der Waals surface area contributed by atoms with Crippen LogP contribution < -0.4 is 5.56 Å². The van der Waals surface area contributed by atoms with Crippen LogP contribution in [0.2, 0.25) is 0 Å². The first-order valence-corrected chi connectivity index (χ1v) is 6.42. The summed E-state index contributed by atoms with van der Waals surface area (Å²) in [4.78, 5) is 19.3. The zero-order chi connectivity index (χ0) is 14.3. The smallest absolute Gasteiger partial charge is 0.259 e. The average Bonchev–Trinajstić information content (AvgIpc) is 2.87. The molecule has 2 aromatic heterocycles. The number of hydrogen-bond acceptors (Lipinski definition) is 4. The summed E-state index contributed by atoms with van der Waals surface area (Å²) in [7, 11) is 0. The van der Waals surface area contributed by atoms with Crippen LogP contribution in [0.25, 0.3) is 22.3 Å². The number of aromatic amines is 1. The average molecular weight is 269 g/mol. The lowest BCUT2D eigenvalue weighted by molar-refractivity contribution is 0.321. The van der Waals surface area contributed by atoms with Gasteiger partial charge >= 0.3 is 0 Å². The number of pyridine rings is 1. The number of benzene rings is 1. The number of hydrogen-bond donors (Lipinski definition) is 1. The molecule has 0 bridgehead atoms. The molecule has 2 heterocycles. The highest BCUT2D eigenvalue weighted by molar-refractivity contribution is 5.82. The molecule has 20 heavy (non-hydrogen) atoms. The van der Waals surface area contributed by atoms with Crippen LogP contribution in [0.4, 0.5) is 0 Å². The SMILES string of the molecule is CC(C)(C)c1nc(-c2cc3ccccc3[nH]c2=O)no1. The summed E-state index contributed by atoms with van der Waals surface area (Å²) in [6.07, 6.45) is 0. The van der Waals surface area contributed by atoms with Crippen molar-refractivity contribution in [3.63, 3.8) is 0 Å². The number of rotatable bonds is 1. The normalized spacial score (nSPS) is 11.9.